The van der Waals surface area contributed by atoms with E-state index >= 15 is 0 Å². The van der Waals surface area contributed by atoms with Crippen LogP contribution < -0.4 is 10.6 Å². The summed E-state index contributed by atoms with van der Waals surface area (Å²) < 4.78 is 5.21. The van der Waals surface area contributed by atoms with Crippen LogP contribution in [0.2, 0.25) is 0 Å². The van der Waals surface area contributed by atoms with Crippen molar-refractivity contribution < 1.29 is 14.3 Å². The van der Waals surface area contributed by atoms with Crippen molar-refractivity contribution in [2.45, 2.75) is 46.5 Å². The standard InChI is InChI=1S/C18H23N3O3S2/c1-4-24-17(23)15-12-7-5-6-8-13(12)26-16(15)21-14(22)9-19-18-20-10(2)11(3)25-18/h4-9H2,1-3H3,(H,19,20)(H,21,22). The zero-order valence-electron chi connectivity index (χ0n) is 15.2. The smallest absolute Gasteiger partial charge is 0.341 e. The van der Waals surface area contributed by atoms with Crippen LogP contribution in [-0.4, -0.2) is 30.0 Å². The predicted octanol–water partition coefficient (Wildman–Crippen LogP) is 3.93. The van der Waals surface area contributed by atoms with Gasteiger partial charge in [0.25, 0.3) is 0 Å². The SMILES string of the molecule is CCOC(=O)c1c(NC(=O)CNc2nc(C)c(C)s2)sc2c1CCCC2. The lowest BCUT2D eigenvalue weighted by atomic mass is 9.95. The van der Waals surface area contributed by atoms with E-state index in [2.05, 4.69) is 15.6 Å². The first-order valence-corrected chi connectivity index (χ1v) is 10.4. The third-order valence-electron chi connectivity index (χ3n) is 4.33. The largest absolute Gasteiger partial charge is 0.462 e. The third kappa shape index (κ3) is 4.07. The average molecular weight is 394 g/mol. The Morgan fingerprint density at radius 2 is 1.96 bits per heavy atom. The maximum atomic E-state index is 12.4. The number of carbonyl (C=O) groups is 2. The molecule has 0 saturated heterocycles. The number of rotatable bonds is 6. The summed E-state index contributed by atoms with van der Waals surface area (Å²) in [7, 11) is 0. The molecule has 1 aliphatic rings. The first kappa shape index (κ1) is 18.8. The average Bonchev–Trinajstić information content (AvgIpc) is 3.12. The van der Waals surface area contributed by atoms with Crippen molar-refractivity contribution >= 4 is 44.7 Å². The minimum absolute atomic E-state index is 0.108. The second-order valence-electron chi connectivity index (χ2n) is 6.20. The van der Waals surface area contributed by atoms with Gasteiger partial charge in [0, 0.05) is 9.75 Å². The van der Waals surface area contributed by atoms with Gasteiger partial charge in [-0.2, -0.15) is 0 Å². The number of fused-ring (bicyclic) bond motifs is 1. The number of ether oxygens (including phenoxy) is 1. The Hall–Kier alpha value is -1.93. The number of hydrogen-bond acceptors (Lipinski definition) is 7. The number of nitrogens with zero attached hydrogens (tertiary/aromatic N) is 1. The van der Waals surface area contributed by atoms with Crippen LogP contribution >= 0.6 is 22.7 Å². The van der Waals surface area contributed by atoms with E-state index in [9.17, 15) is 9.59 Å². The van der Waals surface area contributed by atoms with E-state index < -0.39 is 0 Å². The van der Waals surface area contributed by atoms with Gasteiger partial charge in [0.15, 0.2) is 5.13 Å². The summed E-state index contributed by atoms with van der Waals surface area (Å²) in [4.78, 5) is 31.5. The van der Waals surface area contributed by atoms with E-state index in [-0.39, 0.29) is 18.4 Å². The number of esters is 1. The van der Waals surface area contributed by atoms with E-state index in [1.165, 1.54) is 27.6 Å². The van der Waals surface area contributed by atoms with Crippen LogP contribution in [0, 0.1) is 13.8 Å². The molecule has 6 nitrogen and oxygen atoms in total. The van der Waals surface area contributed by atoms with Gasteiger partial charge in [-0.3, -0.25) is 4.79 Å². The van der Waals surface area contributed by atoms with Gasteiger partial charge in [-0.05, 0) is 52.0 Å². The molecule has 0 unspecified atom stereocenters. The van der Waals surface area contributed by atoms with E-state index in [0.29, 0.717) is 17.2 Å². The summed E-state index contributed by atoms with van der Waals surface area (Å²) in [6, 6.07) is 0. The van der Waals surface area contributed by atoms with E-state index in [1.54, 1.807) is 6.92 Å². The second kappa shape index (κ2) is 8.18. The fourth-order valence-electron chi connectivity index (χ4n) is 2.95. The molecule has 2 heterocycles. The zero-order chi connectivity index (χ0) is 18.7. The molecule has 0 fully saturated rings. The molecule has 2 aromatic heterocycles. The minimum atomic E-state index is -0.346. The number of thiazole rings is 1. The molecular weight excluding hydrogens is 370 g/mol. The number of aryl methyl sites for hydroxylation is 3. The van der Waals surface area contributed by atoms with Crippen LogP contribution in [0.3, 0.4) is 0 Å². The molecule has 0 spiro atoms. The Bertz CT molecular complexity index is 807. The number of thiophene rings is 1. The Morgan fingerprint density at radius 1 is 1.19 bits per heavy atom. The van der Waals surface area contributed by atoms with Gasteiger partial charge in [0.05, 0.1) is 24.4 Å². The highest BCUT2D eigenvalue weighted by Gasteiger charge is 2.27. The molecule has 8 heteroatoms. The summed E-state index contributed by atoms with van der Waals surface area (Å²) in [6.45, 7) is 6.16. The van der Waals surface area contributed by atoms with E-state index in [0.717, 1.165) is 46.9 Å². The predicted molar refractivity (Wildman–Crippen MR) is 106 cm³/mol. The van der Waals surface area contributed by atoms with Crippen molar-refractivity contribution in [3.05, 3.63) is 26.6 Å². The van der Waals surface area contributed by atoms with Gasteiger partial charge < -0.3 is 15.4 Å². The molecule has 140 valence electrons. The quantitative estimate of drug-likeness (QED) is 0.727. The lowest BCUT2D eigenvalue weighted by molar-refractivity contribution is -0.114. The number of carbonyl (C=O) groups excluding carboxylic acids is 2. The summed E-state index contributed by atoms with van der Waals surface area (Å²) in [5, 5.41) is 7.27. The van der Waals surface area contributed by atoms with Crippen molar-refractivity contribution in [3.63, 3.8) is 0 Å². The monoisotopic (exact) mass is 393 g/mol. The number of hydrogen-bond donors (Lipinski definition) is 2. The van der Waals surface area contributed by atoms with Gasteiger partial charge in [-0.15, -0.1) is 22.7 Å². The van der Waals surface area contributed by atoms with Gasteiger partial charge in [-0.1, -0.05) is 0 Å². The maximum absolute atomic E-state index is 12.4. The molecule has 1 amide bonds. The van der Waals surface area contributed by atoms with Gasteiger partial charge in [0.1, 0.15) is 5.00 Å². The lowest BCUT2D eigenvalue weighted by Crippen LogP contribution is -2.22. The molecule has 0 aromatic carbocycles. The molecular formula is C18H23N3O3S2. The highest BCUT2D eigenvalue weighted by atomic mass is 32.1. The molecule has 0 bridgehead atoms. The first-order chi connectivity index (χ1) is 12.5. The minimum Gasteiger partial charge on any atom is -0.462 e. The molecule has 0 aliphatic heterocycles. The fourth-order valence-corrected chi connectivity index (χ4v) is 5.05. The highest BCUT2D eigenvalue weighted by Crippen LogP contribution is 2.38. The Labute approximate surface area is 161 Å². The molecule has 0 saturated carbocycles. The molecule has 3 rings (SSSR count). The number of nitrogens with one attached hydrogen (secondary N) is 2. The molecule has 26 heavy (non-hydrogen) atoms. The van der Waals surface area contributed by atoms with Crippen LogP contribution in [-0.2, 0) is 22.4 Å². The number of amides is 1. The van der Waals surface area contributed by atoms with Crippen molar-refractivity contribution in [1.82, 2.24) is 4.98 Å². The summed E-state index contributed by atoms with van der Waals surface area (Å²) in [6.07, 6.45) is 4.01. The molecule has 0 atom stereocenters. The van der Waals surface area contributed by atoms with Crippen molar-refractivity contribution in [3.8, 4) is 0 Å². The summed E-state index contributed by atoms with van der Waals surface area (Å²) in [5.74, 6) is -0.541. The van der Waals surface area contributed by atoms with Crippen LogP contribution in [0.15, 0.2) is 0 Å². The molecule has 0 radical (unpaired) electrons. The van der Waals surface area contributed by atoms with Crippen molar-refractivity contribution in [2.24, 2.45) is 0 Å². The first-order valence-electron chi connectivity index (χ1n) is 8.79. The highest BCUT2D eigenvalue weighted by molar-refractivity contribution is 7.17. The van der Waals surface area contributed by atoms with E-state index in [1.807, 2.05) is 13.8 Å². The second-order valence-corrected chi connectivity index (χ2v) is 8.51. The molecule has 2 aromatic rings. The summed E-state index contributed by atoms with van der Waals surface area (Å²) >= 11 is 3.02. The van der Waals surface area contributed by atoms with Gasteiger partial charge in [0.2, 0.25) is 5.91 Å². The van der Waals surface area contributed by atoms with Crippen molar-refractivity contribution in [1.29, 1.82) is 0 Å². The third-order valence-corrected chi connectivity index (χ3v) is 6.57. The van der Waals surface area contributed by atoms with Gasteiger partial charge in [-0.25, -0.2) is 9.78 Å². The van der Waals surface area contributed by atoms with Crippen LogP contribution in [0.1, 0.15) is 51.1 Å². The Kier molecular flexibility index (Phi) is 5.93. The number of aromatic nitrogens is 1. The Morgan fingerprint density at radius 3 is 2.65 bits per heavy atom. The molecule has 1 aliphatic carbocycles. The van der Waals surface area contributed by atoms with Crippen LogP contribution in [0.5, 0.6) is 0 Å². The maximum Gasteiger partial charge on any atom is 0.341 e. The normalized spacial score (nSPS) is 13.2. The Balaban J connectivity index is 1.72. The number of anilines is 2. The molecule has 2 N–H and O–H groups in total. The lowest BCUT2D eigenvalue weighted by Gasteiger charge is -2.12. The van der Waals surface area contributed by atoms with Crippen LogP contribution in [0.25, 0.3) is 0 Å². The van der Waals surface area contributed by atoms with E-state index in [4.69, 9.17) is 4.74 Å². The summed E-state index contributed by atoms with van der Waals surface area (Å²) in [5.41, 5.74) is 2.56. The van der Waals surface area contributed by atoms with Crippen molar-refractivity contribution in [2.75, 3.05) is 23.8 Å². The zero-order valence-corrected chi connectivity index (χ0v) is 16.9. The van der Waals surface area contributed by atoms with Gasteiger partial charge >= 0.3 is 5.97 Å². The fraction of sp³-hybridized carbons (Fsp3) is 0.500. The van der Waals surface area contributed by atoms with Crippen LogP contribution in [0.4, 0.5) is 10.1 Å². The topological polar surface area (TPSA) is 80.3 Å².